The molecule has 0 aliphatic heterocycles. The van der Waals surface area contributed by atoms with Crippen LogP contribution in [0.3, 0.4) is 0 Å². The molecule has 10 heteroatoms. The lowest BCUT2D eigenvalue weighted by molar-refractivity contribution is -0.121. The Labute approximate surface area is 153 Å². The topological polar surface area (TPSA) is 109 Å². The van der Waals surface area contributed by atoms with Crippen LogP contribution in [0, 0.1) is 6.92 Å². The van der Waals surface area contributed by atoms with Crippen LogP contribution in [-0.4, -0.2) is 38.1 Å². The first-order valence-electron chi connectivity index (χ1n) is 7.07. The van der Waals surface area contributed by atoms with Crippen LogP contribution >= 0.6 is 15.9 Å². The summed E-state index contributed by atoms with van der Waals surface area (Å²) in [6, 6.07) is 9.22. The van der Waals surface area contributed by atoms with Crippen LogP contribution in [0.1, 0.15) is 16.1 Å². The molecule has 0 saturated heterocycles. The number of carbonyl (C=O) groups excluding carboxylic acids is 2. The highest BCUT2D eigenvalue weighted by molar-refractivity contribution is 9.10. The molecular weight excluding hydrogens is 414 g/mol. The van der Waals surface area contributed by atoms with E-state index in [1.165, 1.54) is 31.3 Å². The summed E-state index contributed by atoms with van der Waals surface area (Å²) in [6.07, 6.45) is 0. The number of nitrogens with one attached hydrogen (secondary N) is 2. The van der Waals surface area contributed by atoms with Gasteiger partial charge in [-0.15, -0.1) is 0 Å². The Morgan fingerprint density at radius 1 is 1.12 bits per heavy atom. The van der Waals surface area contributed by atoms with Crippen molar-refractivity contribution in [3.05, 3.63) is 52.4 Å². The van der Waals surface area contributed by atoms with Gasteiger partial charge in [0.2, 0.25) is 10.0 Å². The predicted octanol–water partition coefficient (Wildman–Crippen LogP) is 1.43. The molecule has 2 amide bonds. The smallest absolute Gasteiger partial charge is 0.305 e. The van der Waals surface area contributed by atoms with Gasteiger partial charge in [0, 0.05) is 7.05 Å². The van der Waals surface area contributed by atoms with Gasteiger partial charge in [0.25, 0.3) is 5.91 Å². The van der Waals surface area contributed by atoms with Gasteiger partial charge in [0.05, 0.1) is 11.4 Å². The molecule has 1 aromatic heterocycles. The largest absolute Gasteiger partial charge is 0.444 e. The Kier molecular flexibility index (Phi) is 5.98. The summed E-state index contributed by atoms with van der Waals surface area (Å²) in [5.41, 5.74) is 5.20. The van der Waals surface area contributed by atoms with Gasteiger partial charge in [0.15, 0.2) is 10.4 Å². The quantitative estimate of drug-likeness (QED) is 0.698. The lowest BCUT2D eigenvalue weighted by atomic mass is 10.2. The highest BCUT2D eigenvalue weighted by Gasteiger charge is 2.23. The van der Waals surface area contributed by atoms with Gasteiger partial charge in [-0.25, -0.2) is 8.42 Å². The summed E-state index contributed by atoms with van der Waals surface area (Å²) >= 11 is 3.05. The number of sulfonamides is 1. The molecule has 134 valence electrons. The Morgan fingerprint density at radius 2 is 1.76 bits per heavy atom. The van der Waals surface area contributed by atoms with E-state index in [1.54, 1.807) is 12.1 Å². The molecule has 0 spiro atoms. The maximum absolute atomic E-state index is 12.4. The minimum absolute atomic E-state index is 0.00666. The van der Waals surface area contributed by atoms with E-state index in [9.17, 15) is 18.0 Å². The number of carbonyl (C=O) groups is 2. The van der Waals surface area contributed by atoms with Crippen molar-refractivity contribution in [1.29, 1.82) is 0 Å². The van der Waals surface area contributed by atoms with E-state index in [0.717, 1.165) is 9.87 Å². The summed E-state index contributed by atoms with van der Waals surface area (Å²) in [6.45, 7) is 1.38. The standard InChI is InChI=1S/C15H16BrN3O5S/c1-10-3-5-11(6-4-10)25(22,23)19(2)9-14(20)17-18-15(21)12-7-8-13(16)24-12/h3-8H,9H2,1-2H3,(H,17,20)(H,18,21). The number of hydrogen-bond donors (Lipinski definition) is 2. The summed E-state index contributed by atoms with van der Waals surface area (Å²) in [7, 11) is -2.53. The molecule has 0 atom stereocenters. The van der Waals surface area contributed by atoms with Crippen molar-refractivity contribution >= 4 is 37.8 Å². The molecule has 0 saturated carbocycles. The molecule has 0 aliphatic rings. The van der Waals surface area contributed by atoms with E-state index in [4.69, 9.17) is 4.42 Å². The van der Waals surface area contributed by atoms with E-state index in [-0.39, 0.29) is 10.7 Å². The summed E-state index contributed by atoms with van der Waals surface area (Å²) in [5, 5.41) is 0. The highest BCUT2D eigenvalue weighted by atomic mass is 79.9. The minimum Gasteiger partial charge on any atom is -0.444 e. The summed E-state index contributed by atoms with van der Waals surface area (Å²) < 4.78 is 31.0. The van der Waals surface area contributed by atoms with Gasteiger partial charge >= 0.3 is 5.91 Å². The van der Waals surface area contributed by atoms with Crippen LogP contribution < -0.4 is 10.9 Å². The first kappa shape index (κ1) is 19.2. The van der Waals surface area contributed by atoms with Crippen LogP contribution in [0.2, 0.25) is 0 Å². The molecule has 2 rings (SSSR count). The number of nitrogens with zero attached hydrogens (tertiary/aromatic N) is 1. The average molecular weight is 430 g/mol. The number of likely N-dealkylation sites (N-methyl/N-ethyl adjacent to an activating group) is 1. The second-order valence-electron chi connectivity index (χ2n) is 5.18. The molecule has 0 aliphatic carbocycles. The molecular formula is C15H16BrN3O5S. The lowest BCUT2D eigenvalue weighted by Gasteiger charge is -2.17. The zero-order valence-corrected chi connectivity index (χ0v) is 15.8. The third-order valence-electron chi connectivity index (χ3n) is 3.21. The SMILES string of the molecule is Cc1ccc(S(=O)(=O)N(C)CC(=O)NNC(=O)c2ccc(Br)o2)cc1. The number of amides is 2. The van der Waals surface area contributed by atoms with Crippen molar-refractivity contribution in [2.24, 2.45) is 0 Å². The second-order valence-corrected chi connectivity index (χ2v) is 8.01. The van der Waals surface area contributed by atoms with Crippen LogP contribution in [0.25, 0.3) is 0 Å². The zero-order chi connectivity index (χ0) is 18.6. The van der Waals surface area contributed by atoms with Crippen molar-refractivity contribution in [1.82, 2.24) is 15.2 Å². The summed E-state index contributed by atoms with van der Waals surface area (Å²) in [5.74, 6) is -1.37. The highest BCUT2D eigenvalue weighted by Crippen LogP contribution is 2.15. The van der Waals surface area contributed by atoms with E-state index in [2.05, 4.69) is 26.8 Å². The van der Waals surface area contributed by atoms with Gasteiger partial charge in [0.1, 0.15) is 0 Å². The fourth-order valence-corrected chi connectivity index (χ4v) is 3.28. The third-order valence-corrected chi connectivity index (χ3v) is 5.45. The molecule has 1 heterocycles. The minimum atomic E-state index is -3.80. The molecule has 8 nitrogen and oxygen atoms in total. The molecule has 2 N–H and O–H groups in total. The maximum Gasteiger partial charge on any atom is 0.305 e. The first-order valence-corrected chi connectivity index (χ1v) is 9.31. The third kappa shape index (κ3) is 4.91. The van der Waals surface area contributed by atoms with E-state index in [0.29, 0.717) is 4.67 Å². The molecule has 1 aromatic carbocycles. The van der Waals surface area contributed by atoms with Crippen LogP contribution in [-0.2, 0) is 14.8 Å². The number of rotatable bonds is 5. The Morgan fingerprint density at radius 3 is 2.32 bits per heavy atom. The number of hydrogen-bond acceptors (Lipinski definition) is 5. The second kappa shape index (κ2) is 7.81. The van der Waals surface area contributed by atoms with Crippen LogP contribution in [0.4, 0.5) is 0 Å². The van der Waals surface area contributed by atoms with Gasteiger partial charge in [-0.1, -0.05) is 17.7 Å². The monoisotopic (exact) mass is 429 g/mol. The van der Waals surface area contributed by atoms with Gasteiger partial charge < -0.3 is 4.42 Å². The molecule has 0 radical (unpaired) electrons. The van der Waals surface area contributed by atoms with E-state index in [1.807, 2.05) is 6.92 Å². The van der Waals surface area contributed by atoms with Gasteiger partial charge in [-0.2, -0.15) is 4.31 Å². The average Bonchev–Trinajstić information content (AvgIpc) is 2.99. The molecule has 25 heavy (non-hydrogen) atoms. The summed E-state index contributed by atoms with van der Waals surface area (Å²) in [4.78, 5) is 23.7. The molecule has 0 fully saturated rings. The number of furan rings is 1. The van der Waals surface area contributed by atoms with Crippen molar-refractivity contribution in [2.75, 3.05) is 13.6 Å². The number of hydrazine groups is 1. The van der Waals surface area contributed by atoms with Crippen LogP contribution in [0.5, 0.6) is 0 Å². The van der Waals surface area contributed by atoms with Gasteiger partial charge in [-0.05, 0) is 47.1 Å². The van der Waals surface area contributed by atoms with Crippen LogP contribution in [0.15, 0.2) is 50.4 Å². The maximum atomic E-state index is 12.4. The molecule has 0 bridgehead atoms. The number of halogens is 1. The van der Waals surface area contributed by atoms with Crippen molar-refractivity contribution in [3.8, 4) is 0 Å². The Bertz CT molecular complexity index is 877. The molecule has 2 aromatic rings. The normalized spacial score (nSPS) is 11.4. The number of aryl methyl sites for hydroxylation is 1. The fraction of sp³-hybridized carbons (Fsp3) is 0.200. The van der Waals surface area contributed by atoms with Gasteiger partial charge in [-0.3, -0.25) is 20.4 Å². The van der Waals surface area contributed by atoms with Crippen molar-refractivity contribution in [2.45, 2.75) is 11.8 Å². The van der Waals surface area contributed by atoms with Crippen molar-refractivity contribution in [3.63, 3.8) is 0 Å². The molecule has 0 unspecified atom stereocenters. The Hall–Kier alpha value is -2.17. The van der Waals surface area contributed by atoms with E-state index >= 15 is 0 Å². The van der Waals surface area contributed by atoms with E-state index < -0.39 is 28.4 Å². The number of benzene rings is 1. The fourth-order valence-electron chi connectivity index (χ4n) is 1.84. The lowest BCUT2D eigenvalue weighted by Crippen LogP contribution is -2.46. The zero-order valence-electron chi connectivity index (χ0n) is 13.4. The predicted molar refractivity (Wildman–Crippen MR) is 93.0 cm³/mol. The van der Waals surface area contributed by atoms with Crippen molar-refractivity contribution < 1.29 is 22.4 Å². The Balaban J connectivity index is 1.93. The first-order chi connectivity index (χ1) is 11.7.